The Morgan fingerprint density at radius 2 is 2.40 bits per heavy atom. The molecule has 110 valence electrons. The fraction of sp³-hybridized carbons (Fsp3) is 0.600. The summed E-state index contributed by atoms with van der Waals surface area (Å²) in [5.74, 6) is -0.0102. The summed E-state index contributed by atoms with van der Waals surface area (Å²) in [6, 6.07) is 1.91. The third-order valence-corrected chi connectivity index (χ3v) is 3.49. The first kappa shape index (κ1) is 14.8. The Kier molecular flexibility index (Phi) is 4.95. The summed E-state index contributed by atoms with van der Waals surface area (Å²) in [5.41, 5.74) is 2.38. The number of carbonyl (C=O) groups excluding carboxylic acids is 1. The van der Waals surface area contributed by atoms with E-state index >= 15 is 0 Å². The number of rotatable bonds is 5. The molecule has 1 aliphatic rings. The molecule has 0 aromatic carbocycles. The summed E-state index contributed by atoms with van der Waals surface area (Å²) in [6.45, 7) is 6.16. The van der Waals surface area contributed by atoms with Gasteiger partial charge in [-0.2, -0.15) is 0 Å². The van der Waals surface area contributed by atoms with Gasteiger partial charge >= 0.3 is 0 Å². The Balaban J connectivity index is 2.10. The highest BCUT2D eigenvalue weighted by Gasteiger charge is 2.22. The predicted octanol–water partition coefficient (Wildman–Crippen LogP) is 2.07. The lowest BCUT2D eigenvalue weighted by Gasteiger charge is -2.22. The van der Waals surface area contributed by atoms with Crippen LogP contribution >= 0.6 is 0 Å². The van der Waals surface area contributed by atoms with Crippen molar-refractivity contribution in [2.24, 2.45) is 0 Å². The number of aromatic nitrogens is 1. The quantitative estimate of drug-likeness (QED) is 0.895. The Morgan fingerprint density at radius 1 is 1.60 bits per heavy atom. The average Bonchev–Trinajstić information content (AvgIpc) is 2.91. The molecule has 5 heteroatoms. The van der Waals surface area contributed by atoms with Gasteiger partial charge < -0.3 is 15.0 Å². The van der Waals surface area contributed by atoms with Crippen LogP contribution in [0, 0.1) is 6.92 Å². The van der Waals surface area contributed by atoms with Crippen LogP contribution in [-0.4, -0.2) is 48.6 Å². The van der Waals surface area contributed by atoms with Gasteiger partial charge in [-0.3, -0.25) is 9.78 Å². The van der Waals surface area contributed by atoms with E-state index in [0.29, 0.717) is 12.1 Å². The number of nitrogens with zero attached hydrogens (tertiary/aromatic N) is 2. The zero-order valence-electron chi connectivity index (χ0n) is 12.5. The molecule has 20 heavy (non-hydrogen) atoms. The molecular formula is C15H23N3O2. The third kappa shape index (κ3) is 3.48. The Hall–Kier alpha value is -1.62. The topological polar surface area (TPSA) is 54.5 Å². The van der Waals surface area contributed by atoms with Crippen molar-refractivity contribution in [3.63, 3.8) is 0 Å². The Labute approximate surface area is 120 Å². The number of hydrogen-bond donors (Lipinski definition) is 1. The SMILES string of the molecule is CCNc1cc(C)ncc1C(=O)N(C)CC1CCCO1. The van der Waals surface area contributed by atoms with Crippen LogP contribution in [0.4, 0.5) is 5.69 Å². The minimum atomic E-state index is -0.0102. The van der Waals surface area contributed by atoms with Crippen molar-refractivity contribution in [3.8, 4) is 0 Å². The van der Waals surface area contributed by atoms with Crippen LogP contribution < -0.4 is 5.32 Å². The lowest BCUT2D eigenvalue weighted by atomic mass is 10.1. The normalized spacial score (nSPS) is 18.1. The van der Waals surface area contributed by atoms with Crippen LogP contribution in [0.1, 0.15) is 35.8 Å². The van der Waals surface area contributed by atoms with Gasteiger partial charge in [-0.05, 0) is 32.8 Å². The van der Waals surface area contributed by atoms with Crippen molar-refractivity contribution < 1.29 is 9.53 Å². The molecule has 5 nitrogen and oxygen atoms in total. The van der Waals surface area contributed by atoms with Gasteiger partial charge in [0.15, 0.2) is 0 Å². The first-order chi connectivity index (χ1) is 9.61. The third-order valence-electron chi connectivity index (χ3n) is 3.49. The number of amides is 1. The van der Waals surface area contributed by atoms with Gasteiger partial charge in [-0.1, -0.05) is 0 Å². The maximum Gasteiger partial charge on any atom is 0.257 e. The average molecular weight is 277 g/mol. The standard InChI is InChI=1S/C15H23N3O2/c1-4-16-14-8-11(2)17-9-13(14)15(19)18(3)10-12-6-5-7-20-12/h8-9,12H,4-7,10H2,1-3H3,(H,16,17). The summed E-state index contributed by atoms with van der Waals surface area (Å²) in [6.07, 6.45) is 3.94. The molecule has 2 rings (SSSR count). The zero-order chi connectivity index (χ0) is 14.5. The van der Waals surface area contributed by atoms with Crippen LogP contribution in [0.5, 0.6) is 0 Å². The van der Waals surface area contributed by atoms with Crippen LogP contribution in [0.15, 0.2) is 12.3 Å². The molecule has 1 N–H and O–H groups in total. The highest BCUT2D eigenvalue weighted by atomic mass is 16.5. The Morgan fingerprint density at radius 3 is 3.05 bits per heavy atom. The minimum absolute atomic E-state index is 0.0102. The predicted molar refractivity (Wildman–Crippen MR) is 79.1 cm³/mol. The van der Waals surface area contributed by atoms with Crippen molar-refractivity contribution in [1.29, 1.82) is 0 Å². The maximum atomic E-state index is 12.5. The molecule has 2 heterocycles. The molecular weight excluding hydrogens is 254 g/mol. The number of nitrogens with one attached hydrogen (secondary N) is 1. The molecule has 0 saturated carbocycles. The number of hydrogen-bond acceptors (Lipinski definition) is 4. The monoisotopic (exact) mass is 277 g/mol. The second-order valence-electron chi connectivity index (χ2n) is 5.22. The summed E-state index contributed by atoms with van der Waals surface area (Å²) >= 11 is 0. The van der Waals surface area contributed by atoms with Crippen LogP contribution in [0.3, 0.4) is 0 Å². The first-order valence-corrected chi connectivity index (χ1v) is 7.19. The summed E-state index contributed by atoms with van der Waals surface area (Å²) in [5, 5.41) is 3.23. The van der Waals surface area contributed by atoms with E-state index in [0.717, 1.165) is 37.4 Å². The number of ether oxygens (including phenoxy) is 1. The van der Waals surface area contributed by atoms with Crippen LogP contribution in [0.2, 0.25) is 0 Å². The second kappa shape index (κ2) is 6.70. The molecule has 1 unspecified atom stereocenters. The van der Waals surface area contributed by atoms with E-state index in [4.69, 9.17) is 4.74 Å². The molecule has 0 aliphatic carbocycles. The number of pyridine rings is 1. The number of likely N-dealkylation sites (N-methyl/N-ethyl adjacent to an activating group) is 1. The molecule has 1 aromatic heterocycles. The van der Waals surface area contributed by atoms with Crippen LogP contribution in [-0.2, 0) is 4.74 Å². The number of carbonyl (C=O) groups is 1. The second-order valence-corrected chi connectivity index (χ2v) is 5.22. The summed E-state index contributed by atoms with van der Waals surface area (Å²) in [4.78, 5) is 18.5. The lowest BCUT2D eigenvalue weighted by molar-refractivity contribution is 0.0587. The lowest BCUT2D eigenvalue weighted by Crippen LogP contribution is -2.34. The smallest absolute Gasteiger partial charge is 0.257 e. The molecule has 1 fully saturated rings. The number of aryl methyl sites for hydroxylation is 1. The Bertz CT molecular complexity index is 470. The zero-order valence-corrected chi connectivity index (χ0v) is 12.5. The van der Waals surface area contributed by atoms with Gasteiger partial charge in [0.1, 0.15) is 0 Å². The van der Waals surface area contributed by atoms with Crippen molar-refractivity contribution >= 4 is 11.6 Å². The van der Waals surface area contributed by atoms with Crippen molar-refractivity contribution in [1.82, 2.24) is 9.88 Å². The van der Waals surface area contributed by atoms with Gasteiger partial charge in [0.05, 0.1) is 17.4 Å². The van der Waals surface area contributed by atoms with Gasteiger partial charge in [0.25, 0.3) is 5.91 Å². The van der Waals surface area contributed by atoms with Gasteiger partial charge in [-0.15, -0.1) is 0 Å². The summed E-state index contributed by atoms with van der Waals surface area (Å²) < 4.78 is 5.58. The fourth-order valence-corrected chi connectivity index (χ4v) is 2.45. The molecule has 0 bridgehead atoms. The van der Waals surface area contributed by atoms with Crippen molar-refractivity contribution in [2.75, 3.05) is 32.1 Å². The van der Waals surface area contributed by atoms with Crippen LogP contribution in [0.25, 0.3) is 0 Å². The van der Waals surface area contributed by atoms with E-state index in [2.05, 4.69) is 10.3 Å². The van der Waals surface area contributed by atoms with E-state index in [1.165, 1.54) is 0 Å². The maximum absolute atomic E-state index is 12.5. The minimum Gasteiger partial charge on any atom is -0.385 e. The van der Waals surface area contributed by atoms with E-state index in [9.17, 15) is 4.79 Å². The van der Waals surface area contributed by atoms with E-state index in [-0.39, 0.29) is 12.0 Å². The van der Waals surface area contributed by atoms with Crippen molar-refractivity contribution in [2.45, 2.75) is 32.8 Å². The van der Waals surface area contributed by atoms with E-state index < -0.39 is 0 Å². The van der Waals surface area contributed by atoms with E-state index in [1.54, 1.807) is 11.1 Å². The largest absolute Gasteiger partial charge is 0.385 e. The molecule has 1 aliphatic heterocycles. The van der Waals surface area contributed by atoms with Gasteiger partial charge in [-0.25, -0.2) is 0 Å². The van der Waals surface area contributed by atoms with Gasteiger partial charge in [0, 0.05) is 38.6 Å². The molecule has 0 spiro atoms. The molecule has 1 atom stereocenters. The molecule has 1 amide bonds. The van der Waals surface area contributed by atoms with Gasteiger partial charge in [0.2, 0.25) is 0 Å². The number of anilines is 1. The highest BCUT2D eigenvalue weighted by Crippen LogP contribution is 2.19. The molecule has 0 radical (unpaired) electrons. The molecule has 1 saturated heterocycles. The molecule has 1 aromatic rings. The summed E-state index contributed by atoms with van der Waals surface area (Å²) in [7, 11) is 1.82. The highest BCUT2D eigenvalue weighted by molar-refractivity contribution is 5.99. The fourth-order valence-electron chi connectivity index (χ4n) is 2.45. The van der Waals surface area contributed by atoms with E-state index in [1.807, 2.05) is 27.0 Å². The first-order valence-electron chi connectivity index (χ1n) is 7.19. The van der Waals surface area contributed by atoms with Crippen molar-refractivity contribution in [3.05, 3.63) is 23.5 Å².